The molecule has 124 valence electrons. The monoisotopic (exact) mass is 314 g/mol. The van der Waals surface area contributed by atoms with Crippen LogP contribution in [0.3, 0.4) is 0 Å². The molecule has 0 aliphatic carbocycles. The van der Waals surface area contributed by atoms with Crippen LogP contribution in [0.5, 0.6) is 0 Å². The van der Waals surface area contributed by atoms with Crippen LogP contribution >= 0.6 is 0 Å². The van der Waals surface area contributed by atoms with E-state index < -0.39 is 12.1 Å². The fourth-order valence-corrected chi connectivity index (χ4v) is 2.86. The molecule has 0 saturated carbocycles. The molecule has 1 fully saturated rings. The van der Waals surface area contributed by atoms with Crippen LogP contribution in [0.2, 0.25) is 0 Å². The number of rotatable bonds is 6. The lowest BCUT2D eigenvalue weighted by molar-refractivity contribution is -0.179. The average molecular weight is 314 g/mol. The summed E-state index contributed by atoms with van der Waals surface area (Å²) in [6.07, 6.45) is -0.0731. The summed E-state index contributed by atoms with van der Waals surface area (Å²) < 4.78 is 38.0. The molecule has 0 bridgehead atoms. The number of piperidine rings is 1. The number of alkyl halides is 3. The lowest BCUT2D eigenvalue weighted by Gasteiger charge is -2.34. The number of hydrogen-bond acceptors (Lipinski definition) is 2. The predicted molar refractivity (Wildman–Crippen MR) is 85.4 cm³/mol. The molecule has 22 heavy (non-hydrogen) atoms. The molecule has 1 heterocycles. The molecule has 2 rings (SSSR count). The van der Waals surface area contributed by atoms with Gasteiger partial charge in [-0.05, 0) is 43.5 Å². The zero-order valence-corrected chi connectivity index (χ0v) is 13.1. The molecule has 1 aliphatic rings. The molecule has 1 aliphatic heterocycles. The lowest BCUT2D eigenvalue weighted by Crippen LogP contribution is -2.38. The van der Waals surface area contributed by atoms with Crippen molar-refractivity contribution >= 4 is 11.4 Å². The van der Waals surface area contributed by atoms with E-state index in [9.17, 15) is 13.2 Å². The van der Waals surface area contributed by atoms with Crippen LogP contribution in [0.1, 0.15) is 39.0 Å². The molecule has 0 radical (unpaired) electrons. The first-order valence-corrected chi connectivity index (χ1v) is 8.16. The van der Waals surface area contributed by atoms with Gasteiger partial charge in [-0.2, -0.15) is 13.2 Å². The molecule has 0 unspecified atom stereocenters. The normalized spacial score (nSPS) is 16.8. The van der Waals surface area contributed by atoms with E-state index >= 15 is 0 Å². The minimum Gasteiger partial charge on any atom is -0.385 e. The zero-order chi connectivity index (χ0) is 16.0. The fraction of sp³-hybridized carbons (Fsp3) is 0.647. The third-order valence-electron chi connectivity index (χ3n) is 4.30. The number of unbranched alkanes of at least 4 members (excludes halogenated alkanes) is 2. The first-order valence-electron chi connectivity index (χ1n) is 8.16. The highest BCUT2D eigenvalue weighted by Crippen LogP contribution is 2.35. The molecule has 0 aromatic heterocycles. The van der Waals surface area contributed by atoms with Gasteiger partial charge >= 0.3 is 6.18 Å². The molecule has 0 spiro atoms. The quantitative estimate of drug-likeness (QED) is 0.738. The van der Waals surface area contributed by atoms with Crippen LogP contribution in [0, 0.1) is 5.92 Å². The summed E-state index contributed by atoms with van der Waals surface area (Å²) in [7, 11) is 0. The van der Waals surface area contributed by atoms with Gasteiger partial charge in [0, 0.05) is 31.0 Å². The van der Waals surface area contributed by atoms with Gasteiger partial charge in [0.15, 0.2) is 0 Å². The molecular formula is C17H25F3N2. The Morgan fingerprint density at radius 1 is 1.09 bits per heavy atom. The predicted octanol–water partition coefficient (Wildman–Crippen LogP) is 5.07. The third kappa shape index (κ3) is 4.82. The van der Waals surface area contributed by atoms with Crippen LogP contribution in [-0.2, 0) is 0 Å². The Hall–Kier alpha value is -1.39. The standard InChI is InChI=1S/C17H25F3N2/c1-2-3-4-11-21-15-5-7-16(8-6-15)22-12-9-14(10-13-22)17(18,19)20/h5-8,14,21H,2-4,9-13H2,1H3. The van der Waals surface area contributed by atoms with Crippen molar-refractivity contribution in [3.05, 3.63) is 24.3 Å². The molecule has 5 heteroatoms. The second kappa shape index (κ2) is 7.75. The first-order chi connectivity index (χ1) is 10.5. The van der Waals surface area contributed by atoms with E-state index in [0.29, 0.717) is 13.1 Å². The molecule has 1 saturated heterocycles. The summed E-state index contributed by atoms with van der Waals surface area (Å²) in [6, 6.07) is 8.01. The fourth-order valence-electron chi connectivity index (χ4n) is 2.86. The number of nitrogens with one attached hydrogen (secondary N) is 1. The lowest BCUT2D eigenvalue weighted by atomic mass is 9.96. The number of anilines is 2. The summed E-state index contributed by atoms with van der Waals surface area (Å²) in [4.78, 5) is 2.04. The maximum absolute atomic E-state index is 12.7. The van der Waals surface area contributed by atoms with Gasteiger partial charge in [0.05, 0.1) is 5.92 Å². The summed E-state index contributed by atoms with van der Waals surface area (Å²) >= 11 is 0. The molecule has 0 amide bonds. The van der Waals surface area contributed by atoms with Gasteiger partial charge in [-0.15, -0.1) is 0 Å². The summed E-state index contributed by atoms with van der Waals surface area (Å²) in [5, 5.41) is 3.37. The largest absolute Gasteiger partial charge is 0.391 e. The van der Waals surface area contributed by atoms with E-state index in [0.717, 1.165) is 24.3 Å². The Labute approximate surface area is 130 Å². The third-order valence-corrected chi connectivity index (χ3v) is 4.30. The molecule has 0 atom stereocenters. The Kier molecular flexibility index (Phi) is 5.98. The van der Waals surface area contributed by atoms with E-state index in [2.05, 4.69) is 12.2 Å². The topological polar surface area (TPSA) is 15.3 Å². The first kappa shape index (κ1) is 17.0. The molecule has 1 aromatic rings. The maximum atomic E-state index is 12.7. The Morgan fingerprint density at radius 3 is 2.27 bits per heavy atom. The van der Waals surface area contributed by atoms with Crippen LogP contribution in [0.15, 0.2) is 24.3 Å². The van der Waals surface area contributed by atoms with Gasteiger partial charge in [-0.25, -0.2) is 0 Å². The van der Waals surface area contributed by atoms with Crippen molar-refractivity contribution in [2.75, 3.05) is 29.9 Å². The Balaban J connectivity index is 1.81. The van der Waals surface area contributed by atoms with E-state index in [1.54, 1.807) is 0 Å². The summed E-state index contributed by atoms with van der Waals surface area (Å²) in [5.74, 6) is -1.14. The molecular weight excluding hydrogens is 289 g/mol. The van der Waals surface area contributed by atoms with E-state index in [1.807, 2.05) is 29.2 Å². The van der Waals surface area contributed by atoms with Crippen LogP contribution in [0.4, 0.5) is 24.5 Å². The van der Waals surface area contributed by atoms with Crippen molar-refractivity contribution in [2.45, 2.75) is 45.2 Å². The van der Waals surface area contributed by atoms with Crippen molar-refractivity contribution in [3.8, 4) is 0 Å². The number of benzene rings is 1. The van der Waals surface area contributed by atoms with Crippen molar-refractivity contribution < 1.29 is 13.2 Å². The van der Waals surface area contributed by atoms with Crippen LogP contribution < -0.4 is 10.2 Å². The van der Waals surface area contributed by atoms with Crippen molar-refractivity contribution in [2.24, 2.45) is 5.92 Å². The Morgan fingerprint density at radius 2 is 1.73 bits per heavy atom. The van der Waals surface area contributed by atoms with Gasteiger partial charge in [0.2, 0.25) is 0 Å². The van der Waals surface area contributed by atoms with Gasteiger partial charge in [0.25, 0.3) is 0 Å². The smallest absolute Gasteiger partial charge is 0.385 e. The molecule has 2 nitrogen and oxygen atoms in total. The maximum Gasteiger partial charge on any atom is 0.391 e. The van der Waals surface area contributed by atoms with Gasteiger partial charge in [-0.3, -0.25) is 0 Å². The minimum absolute atomic E-state index is 0.195. The molecule has 1 N–H and O–H groups in total. The summed E-state index contributed by atoms with van der Waals surface area (Å²) in [5.41, 5.74) is 2.09. The van der Waals surface area contributed by atoms with Crippen LogP contribution in [0.25, 0.3) is 0 Å². The van der Waals surface area contributed by atoms with Gasteiger partial charge in [-0.1, -0.05) is 19.8 Å². The van der Waals surface area contributed by atoms with Gasteiger partial charge in [0.1, 0.15) is 0 Å². The number of halogens is 3. The van der Waals surface area contributed by atoms with E-state index in [4.69, 9.17) is 0 Å². The molecule has 1 aromatic carbocycles. The highest BCUT2D eigenvalue weighted by atomic mass is 19.4. The van der Waals surface area contributed by atoms with Crippen molar-refractivity contribution in [3.63, 3.8) is 0 Å². The van der Waals surface area contributed by atoms with Gasteiger partial charge < -0.3 is 10.2 Å². The number of hydrogen-bond donors (Lipinski definition) is 1. The second-order valence-corrected chi connectivity index (χ2v) is 5.98. The van der Waals surface area contributed by atoms with E-state index in [1.165, 1.54) is 12.8 Å². The minimum atomic E-state index is -4.04. The van der Waals surface area contributed by atoms with Crippen molar-refractivity contribution in [1.29, 1.82) is 0 Å². The highest BCUT2D eigenvalue weighted by molar-refractivity contribution is 5.55. The van der Waals surface area contributed by atoms with E-state index in [-0.39, 0.29) is 12.8 Å². The average Bonchev–Trinajstić information content (AvgIpc) is 2.51. The second-order valence-electron chi connectivity index (χ2n) is 5.98. The Bertz CT molecular complexity index is 434. The highest BCUT2D eigenvalue weighted by Gasteiger charge is 2.41. The SMILES string of the molecule is CCCCCNc1ccc(N2CCC(C(F)(F)F)CC2)cc1. The zero-order valence-electron chi connectivity index (χ0n) is 13.1. The van der Waals surface area contributed by atoms with Crippen molar-refractivity contribution in [1.82, 2.24) is 0 Å². The van der Waals surface area contributed by atoms with Crippen LogP contribution in [-0.4, -0.2) is 25.8 Å². The summed E-state index contributed by atoms with van der Waals surface area (Å²) in [6.45, 7) is 4.10. The number of nitrogens with zero attached hydrogens (tertiary/aromatic N) is 1.